The van der Waals surface area contributed by atoms with Crippen molar-refractivity contribution < 1.29 is 18.4 Å². The molecule has 3 aromatic carbocycles. The number of hydrogen-bond donors (Lipinski definition) is 0. The highest BCUT2D eigenvalue weighted by Gasteiger charge is 2.59. The molecule has 0 unspecified atom stereocenters. The van der Waals surface area contributed by atoms with Gasteiger partial charge in [0.15, 0.2) is 16.5 Å². The van der Waals surface area contributed by atoms with Gasteiger partial charge in [0, 0.05) is 23.4 Å². The molecule has 4 nitrogen and oxygen atoms in total. The summed E-state index contributed by atoms with van der Waals surface area (Å²) in [6, 6.07) is 19.9. The third kappa shape index (κ3) is 3.03. The number of amides is 2. The van der Waals surface area contributed by atoms with Crippen molar-refractivity contribution in [2.24, 2.45) is 0 Å². The van der Waals surface area contributed by atoms with Crippen LogP contribution in [-0.2, 0) is 16.2 Å². The summed E-state index contributed by atoms with van der Waals surface area (Å²) in [7, 11) is 0. The molecule has 1 saturated heterocycles. The van der Waals surface area contributed by atoms with Gasteiger partial charge in [0.05, 0.1) is 12.2 Å². The first-order valence-corrected chi connectivity index (χ1v) is 10.9. The first kappa shape index (κ1) is 19.8. The summed E-state index contributed by atoms with van der Waals surface area (Å²) >= 11 is 1.43. The number of halogens is 2. The molecule has 2 amide bonds. The maximum Gasteiger partial charge on any atom is 0.268 e. The Labute approximate surface area is 182 Å². The normalized spacial score (nSPS) is 19.9. The Kier molecular flexibility index (Phi) is 4.78. The Morgan fingerprint density at radius 3 is 2.48 bits per heavy atom. The number of thioether (sulfide) groups is 1. The number of hydrogen-bond acceptors (Lipinski definition) is 3. The predicted molar refractivity (Wildman–Crippen MR) is 116 cm³/mol. The van der Waals surface area contributed by atoms with E-state index in [2.05, 4.69) is 0 Å². The van der Waals surface area contributed by atoms with Gasteiger partial charge in [-0.15, -0.1) is 11.8 Å². The number of carbonyl (C=O) groups is 2. The molecule has 2 aliphatic heterocycles. The minimum absolute atomic E-state index is 0.0860. The van der Waals surface area contributed by atoms with E-state index in [0.29, 0.717) is 29.1 Å². The van der Waals surface area contributed by atoms with Crippen molar-refractivity contribution >= 4 is 29.3 Å². The molecule has 156 valence electrons. The van der Waals surface area contributed by atoms with Crippen LogP contribution in [0.2, 0.25) is 0 Å². The van der Waals surface area contributed by atoms with Gasteiger partial charge in [0.1, 0.15) is 0 Å². The summed E-state index contributed by atoms with van der Waals surface area (Å²) in [5.74, 6) is -1.71. The molecule has 5 rings (SSSR count). The van der Waals surface area contributed by atoms with E-state index in [1.165, 1.54) is 17.8 Å². The maximum absolute atomic E-state index is 13.8. The zero-order chi connectivity index (χ0) is 21.6. The lowest BCUT2D eigenvalue weighted by Gasteiger charge is -2.33. The predicted octanol–water partition coefficient (Wildman–Crippen LogP) is 4.55. The van der Waals surface area contributed by atoms with Crippen molar-refractivity contribution in [2.45, 2.75) is 11.4 Å². The third-order valence-corrected chi connectivity index (χ3v) is 7.11. The summed E-state index contributed by atoms with van der Waals surface area (Å²) in [5.41, 5.74) is 2.42. The van der Waals surface area contributed by atoms with Crippen LogP contribution in [0.5, 0.6) is 0 Å². The molecule has 0 aromatic heterocycles. The molecule has 1 spiro atoms. The van der Waals surface area contributed by atoms with Crippen LogP contribution in [-0.4, -0.2) is 29.0 Å². The monoisotopic (exact) mass is 436 g/mol. The molecule has 0 radical (unpaired) electrons. The zero-order valence-corrected chi connectivity index (χ0v) is 17.2. The van der Waals surface area contributed by atoms with E-state index >= 15 is 0 Å². The van der Waals surface area contributed by atoms with E-state index in [0.717, 1.165) is 17.7 Å². The fourth-order valence-corrected chi connectivity index (χ4v) is 5.74. The van der Waals surface area contributed by atoms with Crippen molar-refractivity contribution in [1.82, 2.24) is 4.90 Å². The van der Waals surface area contributed by atoms with Gasteiger partial charge in [-0.25, -0.2) is 8.78 Å². The summed E-state index contributed by atoms with van der Waals surface area (Å²) in [6.45, 7) is 0.528. The molecular formula is C24H18F2N2O2S. The first-order valence-electron chi connectivity index (χ1n) is 9.89. The topological polar surface area (TPSA) is 40.6 Å². The van der Waals surface area contributed by atoms with E-state index in [9.17, 15) is 18.4 Å². The Hall–Kier alpha value is -3.19. The van der Waals surface area contributed by atoms with Crippen LogP contribution in [0.15, 0.2) is 72.8 Å². The highest BCUT2D eigenvalue weighted by Crippen LogP contribution is 2.54. The number of para-hydroxylation sites is 1. The number of benzene rings is 3. The van der Waals surface area contributed by atoms with E-state index < -0.39 is 16.5 Å². The largest absolute Gasteiger partial charge is 0.311 e. The molecule has 0 bridgehead atoms. The van der Waals surface area contributed by atoms with E-state index in [1.807, 2.05) is 30.3 Å². The Balaban J connectivity index is 1.57. The molecule has 2 aliphatic rings. The first-order chi connectivity index (χ1) is 15.0. The van der Waals surface area contributed by atoms with E-state index in [-0.39, 0.29) is 18.4 Å². The van der Waals surface area contributed by atoms with Crippen molar-refractivity contribution in [2.75, 3.05) is 17.2 Å². The molecule has 1 fully saturated rings. The summed E-state index contributed by atoms with van der Waals surface area (Å²) in [6.07, 6.45) is 0. The molecule has 0 saturated carbocycles. The van der Waals surface area contributed by atoms with Gasteiger partial charge in [0.25, 0.3) is 11.8 Å². The van der Waals surface area contributed by atoms with Gasteiger partial charge in [0.2, 0.25) is 0 Å². The molecule has 3 aromatic rings. The van der Waals surface area contributed by atoms with Crippen molar-refractivity contribution in [3.63, 3.8) is 0 Å². The van der Waals surface area contributed by atoms with Crippen LogP contribution in [0.3, 0.4) is 0 Å². The van der Waals surface area contributed by atoms with Gasteiger partial charge in [-0.3, -0.25) is 9.59 Å². The van der Waals surface area contributed by atoms with Gasteiger partial charge in [-0.2, -0.15) is 0 Å². The number of anilines is 1. The fraction of sp³-hybridized carbons (Fsp3) is 0.167. The smallest absolute Gasteiger partial charge is 0.268 e. The molecule has 31 heavy (non-hydrogen) atoms. The average molecular weight is 436 g/mol. The molecule has 2 heterocycles. The molecule has 7 heteroatoms. The second-order valence-corrected chi connectivity index (χ2v) is 8.76. The van der Waals surface area contributed by atoms with Crippen LogP contribution < -0.4 is 4.90 Å². The van der Waals surface area contributed by atoms with Crippen molar-refractivity contribution in [3.05, 3.63) is 101 Å². The van der Waals surface area contributed by atoms with Gasteiger partial charge < -0.3 is 9.80 Å². The lowest BCUT2D eigenvalue weighted by molar-refractivity contribution is -0.123. The van der Waals surface area contributed by atoms with Crippen LogP contribution in [0.25, 0.3) is 0 Å². The summed E-state index contributed by atoms with van der Waals surface area (Å²) < 4.78 is 27.1. The lowest BCUT2D eigenvalue weighted by atomic mass is 10.0. The van der Waals surface area contributed by atoms with Crippen LogP contribution >= 0.6 is 11.8 Å². The molecular weight excluding hydrogens is 418 g/mol. The van der Waals surface area contributed by atoms with Crippen molar-refractivity contribution in [1.29, 1.82) is 0 Å². The van der Waals surface area contributed by atoms with Gasteiger partial charge in [-0.1, -0.05) is 42.5 Å². The minimum atomic E-state index is -1.16. The summed E-state index contributed by atoms with van der Waals surface area (Å²) in [5, 5.41) is 0. The zero-order valence-electron chi connectivity index (χ0n) is 16.4. The van der Waals surface area contributed by atoms with E-state index in [1.54, 1.807) is 34.1 Å². The molecule has 0 N–H and O–H groups in total. The highest BCUT2D eigenvalue weighted by molar-refractivity contribution is 8.01. The van der Waals surface area contributed by atoms with Crippen LogP contribution in [0, 0.1) is 11.6 Å². The second kappa shape index (κ2) is 7.50. The van der Waals surface area contributed by atoms with Crippen LogP contribution in [0.1, 0.15) is 21.5 Å². The molecule has 0 aliphatic carbocycles. The highest BCUT2D eigenvalue weighted by atomic mass is 32.2. The Morgan fingerprint density at radius 1 is 0.968 bits per heavy atom. The van der Waals surface area contributed by atoms with Gasteiger partial charge >= 0.3 is 0 Å². The quantitative estimate of drug-likeness (QED) is 0.605. The Bertz CT molecular complexity index is 1190. The van der Waals surface area contributed by atoms with Crippen LogP contribution in [0.4, 0.5) is 14.5 Å². The van der Waals surface area contributed by atoms with Gasteiger partial charge in [-0.05, 0) is 35.9 Å². The minimum Gasteiger partial charge on any atom is -0.311 e. The number of nitrogens with zero attached hydrogens (tertiary/aromatic N) is 2. The summed E-state index contributed by atoms with van der Waals surface area (Å²) in [4.78, 5) is 29.2. The molecule has 1 atom stereocenters. The second-order valence-electron chi connectivity index (χ2n) is 7.47. The average Bonchev–Trinajstić information content (AvgIpc) is 3.34. The standard InChI is InChI=1S/C24H18F2N2O2S/c25-19-11-10-16(14-20(19)26)15-27-21-9-5-4-8-18(21)24(23(27)30)28(12-13-31-24)22(29)17-6-2-1-3-7-17/h1-11,14H,12-13,15H2/t24-/m1/s1. The number of carbonyl (C=O) groups excluding carboxylic acids is 2. The van der Waals surface area contributed by atoms with Crippen molar-refractivity contribution in [3.8, 4) is 0 Å². The SMILES string of the molecule is O=C(c1ccccc1)N1CCS[C@]12C(=O)N(Cc1ccc(F)c(F)c1)c1ccccc12. The number of rotatable bonds is 3. The fourth-order valence-electron chi connectivity index (χ4n) is 4.28. The maximum atomic E-state index is 13.8. The Morgan fingerprint density at radius 2 is 1.71 bits per heavy atom. The van der Waals surface area contributed by atoms with E-state index in [4.69, 9.17) is 0 Å². The lowest BCUT2D eigenvalue weighted by Crippen LogP contribution is -2.50. The number of fused-ring (bicyclic) bond motifs is 2. The third-order valence-electron chi connectivity index (χ3n) is 5.69.